The number of nitrogens with zero attached hydrogens (tertiary/aromatic N) is 2. The van der Waals surface area contributed by atoms with Crippen molar-refractivity contribution in [2.75, 3.05) is 32.7 Å². The molecule has 0 unspecified atom stereocenters. The molecule has 3 rings (SSSR count). The summed E-state index contributed by atoms with van der Waals surface area (Å²) < 4.78 is 0. The Morgan fingerprint density at radius 3 is 2.67 bits per heavy atom. The van der Waals surface area contributed by atoms with E-state index in [1.807, 2.05) is 5.38 Å². The first-order valence-corrected chi connectivity index (χ1v) is 8.50. The topological polar surface area (TPSA) is 43.8 Å². The van der Waals surface area contributed by atoms with Crippen molar-refractivity contribution < 1.29 is 9.90 Å². The van der Waals surface area contributed by atoms with Gasteiger partial charge in [-0.25, -0.2) is 4.79 Å². The van der Waals surface area contributed by atoms with E-state index in [1.165, 1.54) is 43.4 Å². The van der Waals surface area contributed by atoms with Crippen molar-refractivity contribution in [3.63, 3.8) is 0 Å². The maximum atomic E-state index is 10.5. The van der Waals surface area contributed by atoms with Gasteiger partial charge < -0.3 is 10.0 Å². The first-order valence-electron chi connectivity index (χ1n) is 7.62. The van der Waals surface area contributed by atoms with Crippen LogP contribution in [0.2, 0.25) is 0 Å². The molecule has 1 aromatic heterocycles. The van der Waals surface area contributed by atoms with Crippen LogP contribution in [0, 0.1) is 5.92 Å². The van der Waals surface area contributed by atoms with Crippen molar-refractivity contribution in [3.05, 3.63) is 28.0 Å². The molecule has 0 atom stereocenters. The maximum absolute atomic E-state index is 10.5. The maximum Gasteiger partial charge on any atom is 0.328 e. The molecule has 0 aromatic carbocycles. The molecule has 1 saturated heterocycles. The van der Waals surface area contributed by atoms with Gasteiger partial charge in [0, 0.05) is 50.2 Å². The van der Waals surface area contributed by atoms with Crippen LogP contribution in [0.25, 0.3) is 6.08 Å². The molecule has 0 radical (unpaired) electrons. The van der Waals surface area contributed by atoms with Crippen molar-refractivity contribution in [2.24, 2.45) is 5.92 Å². The van der Waals surface area contributed by atoms with E-state index in [4.69, 9.17) is 5.11 Å². The average molecular weight is 306 g/mol. The number of carboxylic acid groups (broad SMARTS) is 1. The van der Waals surface area contributed by atoms with E-state index in [1.54, 1.807) is 17.4 Å². The number of hydrogen-bond acceptors (Lipinski definition) is 4. The molecule has 1 aromatic rings. The minimum Gasteiger partial charge on any atom is -0.478 e. The predicted octanol–water partition coefficient (Wildman–Crippen LogP) is 2.37. The summed E-state index contributed by atoms with van der Waals surface area (Å²) in [6.07, 6.45) is 5.72. The van der Waals surface area contributed by atoms with Crippen LogP contribution in [-0.4, -0.2) is 53.6 Å². The molecule has 1 saturated carbocycles. The Labute approximate surface area is 129 Å². The van der Waals surface area contributed by atoms with Crippen LogP contribution in [-0.2, 0) is 11.3 Å². The van der Waals surface area contributed by atoms with Crippen molar-refractivity contribution in [3.8, 4) is 0 Å². The molecule has 2 fully saturated rings. The SMILES string of the molecule is O=C(O)C=Cc1csc(CN2CCN(CC3CC3)CC2)c1. The van der Waals surface area contributed by atoms with Crippen LogP contribution in [0.5, 0.6) is 0 Å². The second-order valence-corrected chi connectivity index (χ2v) is 7.03. The van der Waals surface area contributed by atoms with Crippen molar-refractivity contribution in [1.82, 2.24) is 9.80 Å². The molecule has 0 amide bonds. The first-order chi connectivity index (χ1) is 10.2. The number of rotatable bonds is 6. The smallest absolute Gasteiger partial charge is 0.328 e. The number of aliphatic carboxylic acids is 1. The number of hydrogen-bond donors (Lipinski definition) is 1. The summed E-state index contributed by atoms with van der Waals surface area (Å²) in [5, 5.41) is 10.7. The third kappa shape index (κ3) is 4.66. The summed E-state index contributed by atoms with van der Waals surface area (Å²) in [6.45, 7) is 6.96. The number of piperazine rings is 1. The molecule has 1 aliphatic heterocycles. The van der Waals surface area contributed by atoms with Gasteiger partial charge in [-0.15, -0.1) is 11.3 Å². The lowest BCUT2D eigenvalue weighted by atomic mass is 10.2. The highest BCUT2D eigenvalue weighted by atomic mass is 32.1. The molecule has 114 valence electrons. The Hall–Kier alpha value is -1.17. The van der Waals surface area contributed by atoms with Gasteiger partial charge in [0.2, 0.25) is 0 Å². The van der Waals surface area contributed by atoms with E-state index >= 15 is 0 Å². The van der Waals surface area contributed by atoms with E-state index in [2.05, 4.69) is 15.9 Å². The van der Waals surface area contributed by atoms with Crippen LogP contribution >= 0.6 is 11.3 Å². The highest BCUT2D eigenvalue weighted by Crippen LogP contribution is 2.30. The first kappa shape index (κ1) is 14.8. The van der Waals surface area contributed by atoms with Crippen molar-refractivity contribution in [2.45, 2.75) is 19.4 Å². The van der Waals surface area contributed by atoms with Gasteiger partial charge in [-0.1, -0.05) is 0 Å². The van der Waals surface area contributed by atoms with Gasteiger partial charge in [0.1, 0.15) is 0 Å². The highest BCUT2D eigenvalue weighted by Gasteiger charge is 2.26. The molecule has 1 aliphatic carbocycles. The van der Waals surface area contributed by atoms with E-state index in [0.29, 0.717) is 0 Å². The molecule has 0 bridgehead atoms. The predicted molar refractivity (Wildman–Crippen MR) is 85.4 cm³/mol. The van der Waals surface area contributed by atoms with Crippen LogP contribution in [0.4, 0.5) is 0 Å². The van der Waals surface area contributed by atoms with E-state index < -0.39 is 5.97 Å². The van der Waals surface area contributed by atoms with Gasteiger partial charge in [-0.2, -0.15) is 0 Å². The molecule has 0 spiro atoms. The molecule has 21 heavy (non-hydrogen) atoms. The Kier molecular flexibility index (Phi) is 4.73. The summed E-state index contributed by atoms with van der Waals surface area (Å²) in [7, 11) is 0. The van der Waals surface area contributed by atoms with Crippen LogP contribution in [0.3, 0.4) is 0 Å². The minimum absolute atomic E-state index is 0.894. The Bertz CT molecular complexity index is 514. The van der Waals surface area contributed by atoms with Crippen molar-refractivity contribution >= 4 is 23.4 Å². The minimum atomic E-state index is -0.894. The number of carbonyl (C=O) groups is 1. The summed E-state index contributed by atoms with van der Waals surface area (Å²) in [4.78, 5) is 16.9. The van der Waals surface area contributed by atoms with Crippen LogP contribution in [0.15, 0.2) is 17.5 Å². The van der Waals surface area contributed by atoms with E-state index in [9.17, 15) is 4.79 Å². The summed E-state index contributed by atoms with van der Waals surface area (Å²) >= 11 is 1.72. The van der Waals surface area contributed by atoms with Gasteiger partial charge in [0.15, 0.2) is 0 Å². The molecule has 2 aliphatic rings. The van der Waals surface area contributed by atoms with Gasteiger partial charge in [-0.3, -0.25) is 4.90 Å². The lowest BCUT2D eigenvalue weighted by molar-refractivity contribution is -0.131. The van der Waals surface area contributed by atoms with Crippen LogP contribution < -0.4 is 0 Å². The molecule has 4 nitrogen and oxygen atoms in total. The Morgan fingerprint density at radius 1 is 1.29 bits per heavy atom. The fourth-order valence-corrected chi connectivity index (χ4v) is 3.65. The zero-order valence-corrected chi connectivity index (χ0v) is 13.0. The number of carboxylic acids is 1. The summed E-state index contributed by atoms with van der Waals surface area (Å²) in [5.74, 6) is 0.0898. The van der Waals surface area contributed by atoms with Gasteiger partial charge in [-0.05, 0) is 41.8 Å². The Balaban J connectivity index is 1.45. The number of thiophene rings is 1. The standard InChI is InChI=1S/C16H22N2O2S/c19-16(20)4-3-14-9-15(21-12-14)11-18-7-5-17(6-8-18)10-13-1-2-13/h3-4,9,12-13H,1-2,5-8,10-11H2,(H,19,20). The normalized spacial score (nSPS) is 21.1. The lowest BCUT2D eigenvalue weighted by Crippen LogP contribution is -2.46. The zero-order valence-electron chi connectivity index (χ0n) is 12.2. The fourth-order valence-electron chi connectivity index (χ4n) is 2.75. The van der Waals surface area contributed by atoms with Crippen LogP contribution in [0.1, 0.15) is 23.3 Å². The monoisotopic (exact) mass is 306 g/mol. The largest absolute Gasteiger partial charge is 0.478 e. The zero-order chi connectivity index (χ0) is 14.7. The molecular formula is C16H22N2O2S. The van der Waals surface area contributed by atoms with E-state index in [-0.39, 0.29) is 0 Å². The Morgan fingerprint density at radius 2 is 2.00 bits per heavy atom. The quantitative estimate of drug-likeness (QED) is 0.820. The third-order valence-electron chi connectivity index (χ3n) is 4.15. The fraction of sp³-hybridized carbons (Fsp3) is 0.562. The van der Waals surface area contributed by atoms with Gasteiger partial charge in [0.05, 0.1) is 0 Å². The van der Waals surface area contributed by atoms with Gasteiger partial charge >= 0.3 is 5.97 Å². The third-order valence-corrected chi connectivity index (χ3v) is 5.09. The summed E-state index contributed by atoms with van der Waals surface area (Å²) in [5.41, 5.74) is 0.991. The molecule has 1 N–H and O–H groups in total. The lowest BCUT2D eigenvalue weighted by Gasteiger charge is -2.34. The van der Waals surface area contributed by atoms with E-state index in [0.717, 1.165) is 31.1 Å². The molecular weight excluding hydrogens is 284 g/mol. The summed E-state index contributed by atoms with van der Waals surface area (Å²) in [6, 6.07) is 2.10. The van der Waals surface area contributed by atoms with Crippen molar-refractivity contribution in [1.29, 1.82) is 0 Å². The second-order valence-electron chi connectivity index (χ2n) is 6.04. The highest BCUT2D eigenvalue weighted by molar-refractivity contribution is 7.10. The average Bonchev–Trinajstić information content (AvgIpc) is 3.16. The second kappa shape index (κ2) is 6.73. The molecule has 2 heterocycles. The molecule has 5 heteroatoms. The van der Waals surface area contributed by atoms with Gasteiger partial charge in [0.25, 0.3) is 0 Å².